The van der Waals surface area contributed by atoms with E-state index in [0.29, 0.717) is 5.56 Å². The number of carbonyl (C=O) groups is 2. The summed E-state index contributed by atoms with van der Waals surface area (Å²) in [6.07, 6.45) is -0.330. The van der Waals surface area contributed by atoms with E-state index in [2.05, 4.69) is 0 Å². The van der Waals surface area contributed by atoms with Gasteiger partial charge in [0.25, 0.3) is 0 Å². The second-order valence-electron chi connectivity index (χ2n) is 3.49. The molecule has 0 spiro atoms. The first-order valence-corrected chi connectivity index (χ1v) is 5.22. The van der Waals surface area contributed by atoms with Crippen LogP contribution in [-0.4, -0.2) is 28.8 Å². The highest BCUT2D eigenvalue weighted by Gasteiger charge is 2.24. The summed E-state index contributed by atoms with van der Waals surface area (Å²) in [6, 6.07) is 5.84. The lowest BCUT2D eigenvalue weighted by Gasteiger charge is -2.13. The summed E-state index contributed by atoms with van der Waals surface area (Å²) in [6.45, 7) is 1.86. The second-order valence-corrected chi connectivity index (χ2v) is 3.49. The van der Waals surface area contributed by atoms with Crippen molar-refractivity contribution in [1.82, 2.24) is 0 Å². The summed E-state index contributed by atoms with van der Waals surface area (Å²) in [4.78, 5) is 22.3. The van der Waals surface area contributed by atoms with E-state index in [1.807, 2.05) is 0 Å². The molecule has 5 heteroatoms. The molecule has 0 amide bonds. The van der Waals surface area contributed by atoms with Gasteiger partial charge in [-0.05, 0) is 24.6 Å². The third-order valence-electron chi connectivity index (χ3n) is 2.25. The number of carboxylic acid groups (broad SMARTS) is 1. The van der Waals surface area contributed by atoms with Crippen molar-refractivity contribution in [3.05, 3.63) is 29.8 Å². The maximum atomic E-state index is 11.6. The van der Waals surface area contributed by atoms with Gasteiger partial charge in [-0.2, -0.15) is 0 Å². The van der Waals surface area contributed by atoms with E-state index in [1.54, 1.807) is 6.92 Å². The summed E-state index contributed by atoms with van der Waals surface area (Å²) >= 11 is 0. The van der Waals surface area contributed by atoms with Gasteiger partial charge in [-0.1, -0.05) is 12.1 Å². The maximum Gasteiger partial charge on any atom is 0.313 e. The number of phenolic OH excluding ortho intramolecular Hbond substituents is 1. The van der Waals surface area contributed by atoms with Crippen LogP contribution in [0.25, 0.3) is 0 Å². The van der Waals surface area contributed by atoms with Crippen LogP contribution in [0.4, 0.5) is 0 Å². The normalized spacial score (nSPS) is 11.8. The zero-order valence-electron chi connectivity index (χ0n) is 9.42. The van der Waals surface area contributed by atoms with E-state index in [0.717, 1.165) is 0 Å². The third kappa shape index (κ3) is 3.79. The molecule has 0 aliphatic heterocycles. The molecule has 0 fully saturated rings. The average Bonchev–Trinajstić information content (AvgIpc) is 2.27. The number of aliphatic carboxylic acids is 1. The van der Waals surface area contributed by atoms with Gasteiger partial charge in [0.05, 0.1) is 18.9 Å². The molecular formula is C12H14O5. The molecule has 1 aromatic carbocycles. The van der Waals surface area contributed by atoms with Crippen LogP contribution in [0.3, 0.4) is 0 Å². The average molecular weight is 238 g/mol. The van der Waals surface area contributed by atoms with Crippen LogP contribution in [0.1, 0.15) is 24.8 Å². The van der Waals surface area contributed by atoms with Gasteiger partial charge in [-0.15, -0.1) is 0 Å². The van der Waals surface area contributed by atoms with Crippen molar-refractivity contribution in [2.75, 3.05) is 6.61 Å². The fourth-order valence-corrected chi connectivity index (χ4v) is 1.46. The predicted molar refractivity (Wildman–Crippen MR) is 59.7 cm³/mol. The highest BCUT2D eigenvalue weighted by molar-refractivity contribution is 5.83. The summed E-state index contributed by atoms with van der Waals surface area (Å²) in [5.41, 5.74) is 0.517. The number of rotatable bonds is 5. The molecule has 1 aromatic rings. The number of esters is 1. The Morgan fingerprint density at radius 2 is 1.88 bits per heavy atom. The summed E-state index contributed by atoms with van der Waals surface area (Å²) < 4.78 is 4.82. The van der Waals surface area contributed by atoms with Crippen LogP contribution in [0.5, 0.6) is 5.75 Å². The molecule has 2 N–H and O–H groups in total. The molecule has 92 valence electrons. The van der Waals surface area contributed by atoms with E-state index >= 15 is 0 Å². The minimum atomic E-state index is -1.07. The van der Waals surface area contributed by atoms with Gasteiger partial charge < -0.3 is 14.9 Å². The zero-order valence-corrected chi connectivity index (χ0v) is 9.42. The quantitative estimate of drug-likeness (QED) is 0.760. The number of benzene rings is 1. The first kappa shape index (κ1) is 13.0. The molecule has 0 saturated carbocycles. The molecule has 1 atom stereocenters. The van der Waals surface area contributed by atoms with Gasteiger partial charge in [0.2, 0.25) is 0 Å². The summed E-state index contributed by atoms with van der Waals surface area (Å²) in [5.74, 6) is -2.42. The standard InChI is InChI=1S/C12H14O5/c1-2-17-12(16)10(7-11(14)15)8-3-5-9(13)6-4-8/h3-6,10,13H,2,7H2,1H3,(H,14,15). The predicted octanol–water partition coefficient (Wildman–Crippen LogP) is 1.51. The number of hydrogen-bond donors (Lipinski definition) is 2. The maximum absolute atomic E-state index is 11.6. The number of hydrogen-bond acceptors (Lipinski definition) is 4. The highest BCUT2D eigenvalue weighted by atomic mass is 16.5. The van der Waals surface area contributed by atoms with Crippen LogP contribution in [0.15, 0.2) is 24.3 Å². The van der Waals surface area contributed by atoms with Crippen molar-refractivity contribution in [3.8, 4) is 5.75 Å². The van der Waals surface area contributed by atoms with Gasteiger partial charge in [-0.3, -0.25) is 9.59 Å². The molecule has 17 heavy (non-hydrogen) atoms. The van der Waals surface area contributed by atoms with Crippen LogP contribution in [0.2, 0.25) is 0 Å². The van der Waals surface area contributed by atoms with Crippen LogP contribution >= 0.6 is 0 Å². The second kappa shape index (κ2) is 5.89. The Hall–Kier alpha value is -2.04. The monoisotopic (exact) mass is 238 g/mol. The Morgan fingerprint density at radius 3 is 2.35 bits per heavy atom. The molecule has 0 aromatic heterocycles. The van der Waals surface area contributed by atoms with E-state index < -0.39 is 17.9 Å². The molecule has 5 nitrogen and oxygen atoms in total. The fraction of sp³-hybridized carbons (Fsp3) is 0.333. The molecule has 0 radical (unpaired) electrons. The molecule has 0 bridgehead atoms. The molecule has 1 rings (SSSR count). The molecule has 0 aliphatic rings. The number of ether oxygens (including phenoxy) is 1. The van der Waals surface area contributed by atoms with E-state index in [9.17, 15) is 9.59 Å². The highest BCUT2D eigenvalue weighted by Crippen LogP contribution is 2.23. The Bertz CT molecular complexity index is 396. The summed E-state index contributed by atoms with van der Waals surface area (Å²) in [7, 11) is 0. The first-order valence-electron chi connectivity index (χ1n) is 5.22. The molecule has 1 unspecified atom stereocenters. The lowest BCUT2D eigenvalue weighted by Crippen LogP contribution is -2.19. The van der Waals surface area contributed by atoms with Crippen LogP contribution in [0, 0.1) is 0 Å². The topological polar surface area (TPSA) is 83.8 Å². The van der Waals surface area contributed by atoms with Crippen molar-refractivity contribution in [1.29, 1.82) is 0 Å². The number of phenols is 1. The van der Waals surface area contributed by atoms with Gasteiger partial charge in [-0.25, -0.2) is 0 Å². The van der Waals surface area contributed by atoms with Crippen molar-refractivity contribution in [3.63, 3.8) is 0 Å². The van der Waals surface area contributed by atoms with Gasteiger partial charge >= 0.3 is 11.9 Å². The van der Waals surface area contributed by atoms with Crippen molar-refractivity contribution in [2.45, 2.75) is 19.3 Å². The molecule has 0 aliphatic carbocycles. The van der Waals surface area contributed by atoms with Gasteiger partial charge in [0, 0.05) is 0 Å². The van der Waals surface area contributed by atoms with E-state index in [4.69, 9.17) is 14.9 Å². The minimum absolute atomic E-state index is 0.0617. The Balaban J connectivity index is 2.92. The lowest BCUT2D eigenvalue weighted by molar-refractivity contribution is -0.149. The van der Waals surface area contributed by atoms with E-state index in [1.165, 1.54) is 24.3 Å². The number of carboxylic acids is 1. The minimum Gasteiger partial charge on any atom is -0.508 e. The number of aromatic hydroxyl groups is 1. The molecular weight excluding hydrogens is 224 g/mol. The summed E-state index contributed by atoms with van der Waals surface area (Å²) in [5, 5.41) is 17.9. The molecule has 0 heterocycles. The third-order valence-corrected chi connectivity index (χ3v) is 2.25. The van der Waals surface area contributed by atoms with Crippen molar-refractivity contribution < 1.29 is 24.5 Å². The Morgan fingerprint density at radius 1 is 1.29 bits per heavy atom. The largest absolute Gasteiger partial charge is 0.508 e. The molecule has 0 saturated heterocycles. The first-order chi connectivity index (χ1) is 8.04. The van der Waals surface area contributed by atoms with Crippen LogP contribution < -0.4 is 0 Å². The SMILES string of the molecule is CCOC(=O)C(CC(=O)O)c1ccc(O)cc1. The fourth-order valence-electron chi connectivity index (χ4n) is 1.46. The van der Waals surface area contributed by atoms with Crippen molar-refractivity contribution >= 4 is 11.9 Å². The lowest BCUT2D eigenvalue weighted by atomic mass is 9.96. The van der Waals surface area contributed by atoms with E-state index in [-0.39, 0.29) is 18.8 Å². The van der Waals surface area contributed by atoms with Crippen LogP contribution in [-0.2, 0) is 14.3 Å². The van der Waals surface area contributed by atoms with Gasteiger partial charge in [0.1, 0.15) is 5.75 Å². The zero-order chi connectivity index (χ0) is 12.8. The van der Waals surface area contributed by atoms with Crippen molar-refractivity contribution in [2.24, 2.45) is 0 Å². The smallest absolute Gasteiger partial charge is 0.313 e. The van der Waals surface area contributed by atoms with Gasteiger partial charge in [0.15, 0.2) is 0 Å². The Kier molecular flexibility index (Phi) is 4.51. The Labute approximate surface area is 98.6 Å². The number of carbonyl (C=O) groups excluding carboxylic acids is 1.